The van der Waals surface area contributed by atoms with E-state index in [0.29, 0.717) is 0 Å². The summed E-state index contributed by atoms with van der Waals surface area (Å²) in [6.07, 6.45) is 6.54. The monoisotopic (exact) mass is 398 g/mol. The second-order valence-corrected chi connectivity index (χ2v) is 8.59. The van der Waals surface area contributed by atoms with E-state index in [2.05, 4.69) is 72.8 Å². The van der Waals surface area contributed by atoms with E-state index in [1.165, 1.54) is 33.4 Å². The first-order valence-electron chi connectivity index (χ1n) is 10.1. The molecule has 1 N–H and O–H groups in total. The quantitative estimate of drug-likeness (QED) is 0.533. The number of fused-ring (bicyclic) bond motifs is 2. The Hall–Kier alpha value is -2.61. The molecule has 2 atom stereocenters. The fourth-order valence-electron chi connectivity index (χ4n) is 5.03. The third-order valence-electron chi connectivity index (χ3n) is 6.26. The van der Waals surface area contributed by atoms with Crippen LogP contribution in [0.25, 0.3) is 11.1 Å². The lowest BCUT2D eigenvalue weighted by molar-refractivity contribution is 0.224. The Morgan fingerprint density at radius 2 is 1.59 bits per heavy atom. The number of hydrogen-bond donors (Lipinski definition) is 1. The molecular formula is C27H23ClO. The molecule has 29 heavy (non-hydrogen) atoms. The zero-order chi connectivity index (χ0) is 19.8. The molecule has 3 aromatic carbocycles. The molecule has 0 aromatic heterocycles. The smallest absolute Gasteiger partial charge is 0.0494 e. The van der Waals surface area contributed by atoms with Crippen molar-refractivity contribution in [3.63, 3.8) is 0 Å². The SMILES string of the molecule is OC[C@H]1C=C(c2ccccc2)C[C@@]2(C=C(c3ccccc3)c3cc(Cl)ccc32)C1. The summed E-state index contributed by atoms with van der Waals surface area (Å²) < 4.78 is 0. The Labute approximate surface area is 177 Å². The predicted octanol–water partition coefficient (Wildman–Crippen LogP) is 6.51. The van der Waals surface area contributed by atoms with Crippen LogP contribution < -0.4 is 0 Å². The van der Waals surface area contributed by atoms with Crippen LogP contribution in [-0.4, -0.2) is 11.7 Å². The van der Waals surface area contributed by atoms with Crippen molar-refractivity contribution in [2.75, 3.05) is 6.61 Å². The molecule has 0 amide bonds. The van der Waals surface area contributed by atoms with E-state index in [0.717, 1.165) is 17.9 Å². The molecule has 0 heterocycles. The highest BCUT2D eigenvalue weighted by Gasteiger charge is 2.42. The topological polar surface area (TPSA) is 20.2 Å². The van der Waals surface area contributed by atoms with Crippen LogP contribution in [-0.2, 0) is 5.41 Å². The first-order valence-corrected chi connectivity index (χ1v) is 10.5. The van der Waals surface area contributed by atoms with Crippen LogP contribution >= 0.6 is 11.6 Å². The molecule has 1 spiro atoms. The van der Waals surface area contributed by atoms with Crippen molar-refractivity contribution >= 4 is 22.7 Å². The zero-order valence-corrected chi connectivity index (χ0v) is 16.9. The highest BCUT2D eigenvalue weighted by Crippen LogP contribution is 2.53. The van der Waals surface area contributed by atoms with Gasteiger partial charge in [0.05, 0.1) is 0 Å². The van der Waals surface area contributed by atoms with Crippen molar-refractivity contribution in [2.24, 2.45) is 5.92 Å². The molecule has 0 bridgehead atoms. The van der Waals surface area contributed by atoms with Gasteiger partial charge in [0, 0.05) is 23.0 Å². The number of aliphatic hydroxyl groups is 1. The van der Waals surface area contributed by atoms with Gasteiger partial charge in [0.1, 0.15) is 0 Å². The first-order chi connectivity index (χ1) is 14.2. The van der Waals surface area contributed by atoms with Crippen molar-refractivity contribution in [3.05, 3.63) is 118 Å². The summed E-state index contributed by atoms with van der Waals surface area (Å²) in [6, 6.07) is 27.4. The minimum absolute atomic E-state index is 0.127. The summed E-state index contributed by atoms with van der Waals surface area (Å²) in [4.78, 5) is 0. The van der Waals surface area contributed by atoms with E-state index in [1.807, 2.05) is 18.2 Å². The number of aliphatic hydroxyl groups excluding tert-OH is 1. The Bertz CT molecular complexity index is 1100. The van der Waals surface area contributed by atoms with Gasteiger partial charge < -0.3 is 5.11 Å². The average Bonchev–Trinajstić information content (AvgIpc) is 3.07. The van der Waals surface area contributed by atoms with Crippen LogP contribution in [0.5, 0.6) is 0 Å². The first kappa shape index (κ1) is 18.4. The maximum atomic E-state index is 10.1. The van der Waals surface area contributed by atoms with E-state index >= 15 is 0 Å². The highest BCUT2D eigenvalue weighted by atomic mass is 35.5. The molecular weight excluding hydrogens is 376 g/mol. The summed E-state index contributed by atoms with van der Waals surface area (Å²) >= 11 is 6.41. The summed E-state index contributed by atoms with van der Waals surface area (Å²) in [5.74, 6) is 0.133. The molecule has 0 fully saturated rings. The standard InChI is InChI=1S/C27H23ClO/c28-23-11-12-26-24(14-23)25(21-9-5-2-6-10-21)17-27(26)15-19(18-29)13-22(16-27)20-7-3-1-4-8-20/h1-14,17,19,29H,15-16,18H2/t19-,27+/m0/s1. The number of halogens is 1. The third kappa shape index (κ3) is 3.25. The Morgan fingerprint density at radius 1 is 0.897 bits per heavy atom. The molecule has 0 radical (unpaired) electrons. The Kier molecular flexibility index (Phi) is 4.66. The van der Waals surface area contributed by atoms with Gasteiger partial charge in [0.15, 0.2) is 0 Å². The summed E-state index contributed by atoms with van der Waals surface area (Å²) in [7, 11) is 0. The fraction of sp³-hybridized carbons (Fsp3) is 0.185. The van der Waals surface area contributed by atoms with Gasteiger partial charge in [-0.2, -0.15) is 0 Å². The largest absolute Gasteiger partial charge is 0.396 e. The molecule has 1 nitrogen and oxygen atoms in total. The van der Waals surface area contributed by atoms with E-state index < -0.39 is 0 Å². The van der Waals surface area contributed by atoms with Crippen molar-refractivity contribution < 1.29 is 5.11 Å². The molecule has 2 heteroatoms. The zero-order valence-electron chi connectivity index (χ0n) is 16.2. The minimum Gasteiger partial charge on any atom is -0.396 e. The maximum absolute atomic E-state index is 10.1. The third-order valence-corrected chi connectivity index (χ3v) is 6.50. The van der Waals surface area contributed by atoms with Crippen molar-refractivity contribution in [1.82, 2.24) is 0 Å². The van der Waals surface area contributed by atoms with E-state index in [4.69, 9.17) is 11.6 Å². The number of rotatable bonds is 3. The summed E-state index contributed by atoms with van der Waals surface area (Å²) in [5.41, 5.74) is 7.41. The van der Waals surface area contributed by atoms with Gasteiger partial charge in [-0.05, 0) is 58.4 Å². The predicted molar refractivity (Wildman–Crippen MR) is 121 cm³/mol. The van der Waals surface area contributed by atoms with Crippen LogP contribution in [0.1, 0.15) is 35.1 Å². The molecule has 0 saturated carbocycles. The normalized spacial score (nSPS) is 22.9. The number of hydrogen-bond acceptors (Lipinski definition) is 1. The van der Waals surface area contributed by atoms with Gasteiger partial charge in [-0.3, -0.25) is 0 Å². The lowest BCUT2D eigenvalue weighted by atomic mass is 9.66. The van der Waals surface area contributed by atoms with Crippen LogP contribution in [0, 0.1) is 5.92 Å². The number of allylic oxidation sites excluding steroid dienone is 2. The van der Waals surface area contributed by atoms with Crippen molar-refractivity contribution in [2.45, 2.75) is 18.3 Å². The van der Waals surface area contributed by atoms with Crippen LogP contribution in [0.15, 0.2) is 91.0 Å². The maximum Gasteiger partial charge on any atom is 0.0494 e. The van der Waals surface area contributed by atoms with Gasteiger partial charge in [0.2, 0.25) is 0 Å². The molecule has 0 unspecified atom stereocenters. The second-order valence-electron chi connectivity index (χ2n) is 8.15. The van der Waals surface area contributed by atoms with Crippen LogP contribution in [0.4, 0.5) is 0 Å². The van der Waals surface area contributed by atoms with Crippen molar-refractivity contribution in [1.29, 1.82) is 0 Å². The molecule has 0 saturated heterocycles. The Morgan fingerprint density at radius 3 is 2.28 bits per heavy atom. The highest BCUT2D eigenvalue weighted by molar-refractivity contribution is 6.30. The minimum atomic E-state index is -0.127. The lowest BCUT2D eigenvalue weighted by Crippen LogP contribution is -2.30. The van der Waals surface area contributed by atoms with Crippen molar-refractivity contribution in [3.8, 4) is 0 Å². The molecule has 3 aromatic rings. The van der Waals surface area contributed by atoms with Gasteiger partial charge in [-0.15, -0.1) is 0 Å². The molecule has 2 aliphatic rings. The molecule has 2 aliphatic carbocycles. The van der Waals surface area contributed by atoms with Gasteiger partial charge in [0.25, 0.3) is 0 Å². The molecule has 0 aliphatic heterocycles. The summed E-state index contributed by atoms with van der Waals surface area (Å²) in [6.45, 7) is 0.162. The van der Waals surface area contributed by atoms with Crippen LogP contribution in [0.2, 0.25) is 5.02 Å². The van der Waals surface area contributed by atoms with Gasteiger partial charge in [-0.25, -0.2) is 0 Å². The molecule has 5 rings (SSSR count). The lowest BCUT2D eigenvalue weighted by Gasteiger charge is -2.37. The number of benzene rings is 3. The van der Waals surface area contributed by atoms with Crippen LogP contribution in [0.3, 0.4) is 0 Å². The second kappa shape index (κ2) is 7.33. The van der Waals surface area contributed by atoms with Gasteiger partial charge in [-0.1, -0.05) is 90.5 Å². The van der Waals surface area contributed by atoms with Gasteiger partial charge >= 0.3 is 0 Å². The van der Waals surface area contributed by atoms with E-state index in [-0.39, 0.29) is 17.9 Å². The average molecular weight is 399 g/mol. The van der Waals surface area contributed by atoms with E-state index in [1.54, 1.807) is 0 Å². The molecule has 144 valence electrons. The Balaban J connectivity index is 1.68. The summed E-state index contributed by atoms with van der Waals surface area (Å²) in [5, 5.41) is 10.8. The fourth-order valence-corrected chi connectivity index (χ4v) is 5.20. The van der Waals surface area contributed by atoms with E-state index in [9.17, 15) is 5.11 Å².